The number of rotatable bonds is 7. The highest BCUT2D eigenvalue weighted by molar-refractivity contribution is 7.11. The average molecular weight is 299 g/mol. The zero-order valence-electron chi connectivity index (χ0n) is 12.7. The molecule has 1 aromatic heterocycles. The van der Waals surface area contributed by atoms with Crippen molar-refractivity contribution in [3.05, 3.63) is 15.6 Å². The summed E-state index contributed by atoms with van der Waals surface area (Å²) in [5.74, 6) is 0.305. The fourth-order valence-electron chi connectivity index (χ4n) is 2.03. The van der Waals surface area contributed by atoms with Crippen LogP contribution >= 0.6 is 11.3 Å². The molecule has 2 amide bonds. The Labute approximate surface area is 124 Å². The van der Waals surface area contributed by atoms with E-state index in [0.717, 1.165) is 17.1 Å². The number of hydrogen-bond donors (Lipinski definition) is 3. The minimum absolute atomic E-state index is 0.00684. The molecule has 0 spiro atoms. The molecule has 1 unspecified atom stereocenters. The highest BCUT2D eigenvalue weighted by Crippen LogP contribution is 2.17. The van der Waals surface area contributed by atoms with Crippen LogP contribution in [0.2, 0.25) is 0 Å². The number of amides is 2. The molecule has 1 heterocycles. The van der Waals surface area contributed by atoms with Gasteiger partial charge < -0.3 is 15.7 Å². The minimum atomic E-state index is -0.170. The maximum absolute atomic E-state index is 11.8. The third-order valence-corrected chi connectivity index (χ3v) is 4.33. The van der Waals surface area contributed by atoms with Gasteiger partial charge in [0.15, 0.2) is 0 Å². The van der Waals surface area contributed by atoms with Gasteiger partial charge in [-0.2, -0.15) is 0 Å². The van der Waals surface area contributed by atoms with Gasteiger partial charge >= 0.3 is 6.03 Å². The Hall–Kier alpha value is -1.14. The predicted molar refractivity (Wildman–Crippen MR) is 82.2 cm³/mol. The lowest BCUT2D eigenvalue weighted by atomic mass is 10.0. The molecule has 0 aliphatic carbocycles. The first-order valence-corrected chi connectivity index (χ1v) is 7.83. The van der Waals surface area contributed by atoms with Gasteiger partial charge in [-0.25, -0.2) is 9.78 Å². The van der Waals surface area contributed by atoms with Crippen LogP contribution in [0.5, 0.6) is 0 Å². The highest BCUT2D eigenvalue weighted by atomic mass is 32.1. The number of carbonyl (C=O) groups is 1. The zero-order valence-corrected chi connectivity index (χ0v) is 13.5. The molecule has 0 bridgehead atoms. The van der Waals surface area contributed by atoms with Gasteiger partial charge in [0.2, 0.25) is 0 Å². The number of aromatic nitrogens is 1. The predicted octanol–water partition coefficient (Wildman–Crippen LogP) is 2.01. The molecule has 5 nitrogen and oxygen atoms in total. The standard InChI is InChI=1S/C14H25N3O2S/c1-9(2)12(6-8-18)17-14(19)15-7-5-13-10(3)16-11(4)20-13/h9,12,18H,5-8H2,1-4H3,(H2,15,17,19). The smallest absolute Gasteiger partial charge is 0.315 e. The molecule has 0 saturated heterocycles. The molecule has 114 valence electrons. The highest BCUT2D eigenvalue weighted by Gasteiger charge is 2.15. The number of urea groups is 1. The summed E-state index contributed by atoms with van der Waals surface area (Å²) >= 11 is 1.68. The van der Waals surface area contributed by atoms with E-state index in [0.29, 0.717) is 18.9 Å². The van der Waals surface area contributed by atoms with E-state index in [4.69, 9.17) is 5.11 Å². The number of aliphatic hydroxyl groups is 1. The summed E-state index contributed by atoms with van der Waals surface area (Å²) in [6.45, 7) is 8.73. The molecule has 6 heteroatoms. The maximum atomic E-state index is 11.8. The van der Waals surface area contributed by atoms with Crippen molar-refractivity contribution in [2.75, 3.05) is 13.2 Å². The molecule has 0 aliphatic rings. The fourth-order valence-corrected chi connectivity index (χ4v) is 2.96. The Bertz CT molecular complexity index is 432. The third-order valence-electron chi connectivity index (χ3n) is 3.20. The van der Waals surface area contributed by atoms with Gasteiger partial charge in [-0.15, -0.1) is 11.3 Å². The van der Waals surface area contributed by atoms with Crippen LogP contribution in [-0.2, 0) is 6.42 Å². The van der Waals surface area contributed by atoms with Crippen LogP contribution in [0.15, 0.2) is 0 Å². The van der Waals surface area contributed by atoms with E-state index in [9.17, 15) is 4.79 Å². The van der Waals surface area contributed by atoms with E-state index in [2.05, 4.69) is 15.6 Å². The Balaban J connectivity index is 2.34. The van der Waals surface area contributed by atoms with E-state index in [1.54, 1.807) is 11.3 Å². The van der Waals surface area contributed by atoms with Crippen LogP contribution in [-0.4, -0.2) is 35.3 Å². The lowest BCUT2D eigenvalue weighted by molar-refractivity contribution is 0.219. The Kier molecular flexibility index (Phi) is 6.95. The number of thiazole rings is 1. The monoisotopic (exact) mass is 299 g/mol. The van der Waals surface area contributed by atoms with Crippen LogP contribution in [0.1, 0.15) is 35.8 Å². The van der Waals surface area contributed by atoms with E-state index >= 15 is 0 Å². The maximum Gasteiger partial charge on any atom is 0.315 e. The van der Waals surface area contributed by atoms with Gasteiger partial charge in [0.1, 0.15) is 0 Å². The molecule has 3 N–H and O–H groups in total. The molecule has 0 aliphatic heterocycles. The SMILES string of the molecule is Cc1nc(C)c(CCNC(=O)NC(CCO)C(C)C)s1. The number of aliphatic hydroxyl groups excluding tert-OH is 1. The Morgan fingerprint density at radius 3 is 2.60 bits per heavy atom. The summed E-state index contributed by atoms with van der Waals surface area (Å²) in [5.41, 5.74) is 1.05. The van der Waals surface area contributed by atoms with Gasteiger partial charge in [-0.05, 0) is 26.2 Å². The first-order chi connectivity index (χ1) is 9.43. The van der Waals surface area contributed by atoms with Gasteiger partial charge in [-0.3, -0.25) is 0 Å². The molecule has 1 aromatic rings. The van der Waals surface area contributed by atoms with Crippen molar-refractivity contribution in [1.82, 2.24) is 15.6 Å². The van der Waals surface area contributed by atoms with Gasteiger partial charge in [0.25, 0.3) is 0 Å². The van der Waals surface area contributed by atoms with Crippen molar-refractivity contribution in [2.45, 2.75) is 46.6 Å². The number of carbonyl (C=O) groups excluding carboxylic acids is 1. The van der Waals surface area contributed by atoms with Crippen molar-refractivity contribution in [3.63, 3.8) is 0 Å². The molecule has 1 atom stereocenters. The van der Waals surface area contributed by atoms with Crippen LogP contribution < -0.4 is 10.6 Å². The molecule has 20 heavy (non-hydrogen) atoms. The molecule has 0 saturated carbocycles. The topological polar surface area (TPSA) is 74.2 Å². The zero-order chi connectivity index (χ0) is 15.1. The van der Waals surface area contributed by atoms with Gasteiger partial charge in [-0.1, -0.05) is 13.8 Å². The van der Waals surface area contributed by atoms with Crippen molar-refractivity contribution < 1.29 is 9.90 Å². The lowest BCUT2D eigenvalue weighted by Crippen LogP contribution is -2.45. The normalized spacial score (nSPS) is 12.5. The van der Waals surface area contributed by atoms with Crippen LogP contribution in [0.25, 0.3) is 0 Å². The largest absolute Gasteiger partial charge is 0.396 e. The summed E-state index contributed by atoms with van der Waals surface area (Å²) in [7, 11) is 0. The number of aryl methyl sites for hydroxylation is 2. The minimum Gasteiger partial charge on any atom is -0.396 e. The van der Waals surface area contributed by atoms with Crippen molar-refractivity contribution in [3.8, 4) is 0 Å². The van der Waals surface area contributed by atoms with E-state index in [-0.39, 0.29) is 18.7 Å². The first-order valence-electron chi connectivity index (χ1n) is 7.02. The summed E-state index contributed by atoms with van der Waals surface area (Å²) in [6, 6.07) is -0.163. The summed E-state index contributed by atoms with van der Waals surface area (Å²) in [6.07, 6.45) is 1.38. The van der Waals surface area contributed by atoms with Crippen LogP contribution in [0, 0.1) is 19.8 Å². The number of nitrogens with zero attached hydrogens (tertiary/aromatic N) is 1. The lowest BCUT2D eigenvalue weighted by Gasteiger charge is -2.21. The number of hydrogen-bond acceptors (Lipinski definition) is 4. The van der Waals surface area contributed by atoms with Gasteiger partial charge in [0.05, 0.1) is 10.7 Å². The second kappa shape index (κ2) is 8.21. The molecule has 1 rings (SSSR count). The Morgan fingerprint density at radius 2 is 2.10 bits per heavy atom. The van der Waals surface area contributed by atoms with E-state index in [1.807, 2.05) is 27.7 Å². The molecular formula is C14H25N3O2S. The summed E-state index contributed by atoms with van der Waals surface area (Å²) in [5, 5.41) is 15.8. The summed E-state index contributed by atoms with van der Waals surface area (Å²) in [4.78, 5) is 17.4. The molecule has 0 fully saturated rings. The first kappa shape index (κ1) is 16.9. The second-order valence-electron chi connectivity index (χ2n) is 5.25. The van der Waals surface area contributed by atoms with Crippen LogP contribution in [0.3, 0.4) is 0 Å². The summed E-state index contributed by atoms with van der Waals surface area (Å²) < 4.78 is 0. The van der Waals surface area contributed by atoms with Crippen molar-refractivity contribution in [2.24, 2.45) is 5.92 Å². The molecular weight excluding hydrogens is 274 g/mol. The molecule has 0 radical (unpaired) electrons. The molecule has 0 aromatic carbocycles. The second-order valence-corrected chi connectivity index (χ2v) is 6.54. The van der Waals surface area contributed by atoms with Crippen molar-refractivity contribution in [1.29, 1.82) is 0 Å². The van der Waals surface area contributed by atoms with Crippen LogP contribution in [0.4, 0.5) is 4.79 Å². The van der Waals surface area contributed by atoms with Gasteiger partial charge in [0, 0.05) is 30.5 Å². The van der Waals surface area contributed by atoms with E-state index in [1.165, 1.54) is 4.88 Å². The Morgan fingerprint density at radius 1 is 1.40 bits per heavy atom. The number of nitrogens with one attached hydrogen (secondary N) is 2. The van der Waals surface area contributed by atoms with Crippen molar-refractivity contribution >= 4 is 17.4 Å². The fraction of sp³-hybridized carbons (Fsp3) is 0.714. The average Bonchev–Trinajstić information content (AvgIpc) is 2.67. The quantitative estimate of drug-likeness (QED) is 0.721. The van der Waals surface area contributed by atoms with E-state index < -0.39 is 0 Å². The third kappa shape index (κ3) is 5.46.